The van der Waals surface area contributed by atoms with Crippen molar-refractivity contribution >= 4 is 11.6 Å². The van der Waals surface area contributed by atoms with Gasteiger partial charge >= 0.3 is 0 Å². The second-order valence-corrected chi connectivity index (χ2v) is 5.72. The second kappa shape index (κ2) is 4.61. The van der Waals surface area contributed by atoms with E-state index in [1.165, 1.54) is 12.8 Å². The molecule has 2 unspecified atom stereocenters. The van der Waals surface area contributed by atoms with Crippen LogP contribution in [0.3, 0.4) is 0 Å². The lowest BCUT2D eigenvalue weighted by Gasteiger charge is -2.29. The first-order valence-corrected chi connectivity index (χ1v) is 6.86. The fourth-order valence-corrected chi connectivity index (χ4v) is 2.42. The molecule has 2 aliphatic rings. The van der Waals surface area contributed by atoms with Crippen molar-refractivity contribution in [1.82, 2.24) is 9.97 Å². The minimum atomic E-state index is -0.0823. The summed E-state index contributed by atoms with van der Waals surface area (Å²) in [6, 6.07) is 1.85. The van der Waals surface area contributed by atoms with Gasteiger partial charge in [0.05, 0.1) is 11.6 Å². The number of ether oxygens (including phenoxy) is 1. The average Bonchev–Trinajstić information content (AvgIpc) is 3.18. The Kier molecular flexibility index (Phi) is 3.06. The molecule has 3 rings (SSSR count). The van der Waals surface area contributed by atoms with E-state index in [1.54, 1.807) is 0 Å². The Bertz CT molecular complexity index is 476. The predicted molar refractivity (Wildman–Crippen MR) is 73.9 cm³/mol. The molecule has 2 heterocycles. The van der Waals surface area contributed by atoms with Gasteiger partial charge in [0.2, 0.25) is 0 Å². The van der Waals surface area contributed by atoms with E-state index >= 15 is 0 Å². The second-order valence-electron chi connectivity index (χ2n) is 5.72. The summed E-state index contributed by atoms with van der Waals surface area (Å²) in [5.41, 5.74) is 2.53. The van der Waals surface area contributed by atoms with E-state index in [2.05, 4.69) is 34.6 Å². The number of aromatic nitrogens is 2. The van der Waals surface area contributed by atoms with Gasteiger partial charge in [-0.05, 0) is 33.1 Å². The van der Waals surface area contributed by atoms with E-state index < -0.39 is 0 Å². The van der Waals surface area contributed by atoms with Gasteiger partial charge in [-0.1, -0.05) is 0 Å². The molecule has 0 aromatic carbocycles. The van der Waals surface area contributed by atoms with Crippen molar-refractivity contribution in [2.45, 2.75) is 50.7 Å². The van der Waals surface area contributed by atoms with Crippen molar-refractivity contribution in [1.29, 1.82) is 0 Å². The fraction of sp³-hybridized carbons (Fsp3) is 0.692. The zero-order valence-corrected chi connectivity index (χ0v) is 11.4. The molecule has 19 heavy (non-hydrogen) atoms. The summed E-state index contributed by atoms with van der Waals surface area (Å²) in [4.78, 5) is 9.02. The van der Waals surface area contributed by atoms with Gasteiger partial charge in [-0.3, -0.25) is 0 Å². The molecule has 1 aromatic heterocycles. The van der Waals surface area contributed by atoms with Crippen molar-refractivity contribution in [3.63, 3.8) is 0 Å². The summed E-state index contributed by atoms with van der Waals surface area (Å²) in [7, 11) is 0. The van der Waals surface area contributed by atoms with E-state index in [9.17, 15) is 0 Å². The molecule has 0 radical (unpaired) electrons. The van der Waals surface area contributed by atoms with Crippen molar-refractivity contribution in [3.05, 3.63) is 11.9 Å². The summed E-state index contributed by atoms with van der Waals surface area (Å²) >= 11 is 0. The maximum absolute atomic E-state index is 5.64. The first-order valence-electron chi connectivity index (χ1n) is 6.86. The van der Waals surface area contributed by atoms with Gasteiger partial charge in [-0.25, -0.2) is 15.8 Å². The van der Waals surface area contributed by atoms with E-state index in [0.29, 0.717) is 11.7 Å². The normalized spacial score (nSPS) is 30.4. The predicted octanol–water partition coefficient (Wildman–Crippen LogP) is 1.62. The van der Waals surface area contributed by atoms with Crippen LogP contribution in [0.1, 0.15) is 44.9 Å². The van der Waals surface area contributed by atoms with E-state index in [0.717, 1.165) is 24.7 Å². The van der Waals surface area contributed by atoms with Crippen molar-refractivity contribution in [2.24, 2.45) is 5.84 Å². The number of nitrogens with one attached hydrogen (secondary N) is 2. The van der Waals surface area contributed by atoms with Gasteiger partial charge in [0.15, 0.2) is 0 Å². The lowest BCUT2D eigenvalue weighted by molar-refractivity contribution is 0.105. The van der Waals surface area contributed by atoms with Crippen molar-refractivity contribution in [3.8, 4) is 0 Å². The minimum Gasteiger partial charge on any atom is -0.376 e. The largest absolute Gasteiger partial charge is 0.376 e. The molecule has 0 bridgehead atoms. The van der Waals surface area contributed by atoms with Crippen LogP contribution in [0.15, 0.2) is 6.07 Å². The molecule has 4 N–H and O–H groups in total. The van der Waals surface area contributed by atoms with Crippen LogP contribution in [0, 0.1) is 0 Å². The van der Waals surface area contributed by atoms with E-state index in [1.807, 2.05) is 6.07 Å². The third-order valence-corrected chi connectivity index (χ3v) is 4.13. The van der Waals surface area contributed by atoms with Crippen molar-refractivity contribution in [2.75, 3.05) is 17.3 Å². The molecule has 1 saturated heterocycles. The summed E-state index contributed by atoms with van der Waals surface area (Å²) in [6.45, 7) is 5.04. The Morgan fingerprint density at radius 3 is 2.68 bits per heavy atom. The van der Waals surface area contributed by atoms with Crippen LogP contribution in [0.5, 0.6) is 0 Å². The van der Waals surface area contributed by atoms with Gasteiger partial charge in [-0.15, -0.1) is 0 Å². The number of nitrogens with two attached hydrogens (primary N) is 1. The zero-order valence-electron chi connectivity index (χ0n) is 11.4. The first-order chi connectivity index (χ1) is 9.10. The molecule has 6 nitrogen and oxygen atoms in total. The Hall–Kier alpha value is -1.40. The van der Waals surface area contributed by atoms with Crippen LogP contribution in [-0.2, 0) is 4.74 Å². The van der Waals surface area contributed by atoms with Gasteiger partial charge in [-0.2, -0.15) is 0 Å². The Balaban J connectivity index is 1.85. The van der Waals surface area contributed by atoms with E-state index in [4.69, 9.17) is 10.6 Å². The van der Waals surface area contributed by atoms with Crippen LogP contribution >= 0.6 is 0 Å². The highest BCUT2D eigenvalue weighted by Gasteiger charge is 2.37. The monoisotopic (exact) mass is 263 g/mol. The highest BCUT2D eigenvalue weighted by atomic mass is 16.5. The highest BCUT2D eigenvalue weighted by molar-refractivity contribution is 5.49. The molecule has 1 aliphatic carbocycles. The number of nitrogen functional groups attached to an aromatic ring is 1. The lowest BCUT2D eigenvalue weighted by Crippen LogP contribution is -2.41. The van der Waals surface area contributed by atoms with Crippen LogP contribution in [0.25, 0.3) is 0 Å². The van der Waals surface area contributed by atoms with Crippen LogP contribution in [0.2, 0.25) is 0 Å². The van der Waals surface area contributed by atoms with Gasteiger partial charge in [0.25, 0.3) is 0 Å². The summed E-state index contributed by atoms with van der Waals surface area (Å²) < 4.78 is 5.64. The summed E-state index contributed by atoms with van der Waals surface area (Å²) in [6.07, 6.45) is 3.48. The maximum Gasteiger partial charge on any atom is 0.145 e. The molecule has 2 fully saturated rings. The number of anilines is 2. The molecule has 2 atom stereocenters. The maximum atomic E-state index is 5.64. The molecule has 0 spiro atoms. The number of nitrogens with zero attached hydrogens (tertiary/aromatic N) is 2. The third-order valence-electron chi connectivity index (χ3n) is 4.13. The number of rotatable bonds is 4. The fourth-order valence-electron chi connectivity index (χ4n) is 2.42. The number of hydrogen-bond donors (Lipinski definition) is 3. The number of hydrazine groups is 1. The smallest absolute Gasteiger partial charge is 0.145 e. The van der Waals surface area contributed by atoms with Gasteiger partial charge in [0.1, 0.15) is 17.5 Å². The first kappa shape index (κ1) is 12.6. The Labute approximate surface area is 113 Å². The molecule has 6 heteroatoms. The van der Waals surface area contributed by atoms with Crippen LogP contribution in [0.4, 0.5) is 11.6 Å². The van der Waals surface area contributed by atoms with Gasteiger partial charge < -0.3 is 15.5 Å². The minimum absolute atomic E-state index is 0.0823. The summed E-state index contributed by atoms with van der Waals surface area (Å²) in [5, 5.41) is 3.49. The zero-order chi connectivity index (χ0) is 13.5. The van der Waals surface area contributed by atoms with Crippen LogP contribution < -0.4 is 16.6 Å². The topological polar surface area (TPSA) is 85.1 Å². The van der Waals surface area contributed by atoms with E-state index in [-0.39, 0.29) is 11.6 Å². The van der Waals surface area contributed by atoms with Crippen LogP contribution in [-0.4, -0.2) is 28.2 Å². The lowest BCUT2D eigenvalue weighted by atomic mass is 9.95. The standard InChI is InChI=1S/C13H21N5O/c1-8-13(2,5-6-19-8)17-10-7-11(18-14)16-12(15-10)9-3-4-9/h7-9H,3-6,14H2,1-2H3,(H2,15,16,17,18). The van der Waals surface area contributed by atoms with Gasteiger partial charge in [0, 0.05) is 18.6 Å². The molecule has 1 aromatic rings. The summed E-state index contributed by atoms with van der Waals surface area (Å²) in [5.74, 6) is 8.35. The Morgan fingerprint density at radius 1 is 1.37 bits per heavy atom. The highest BCUT2D eigenvalue weighted by Crippen LogP contribution is 2.39. The molecule has 0 amide bonds. The molecule has 1 aliphatic heterocycles. The molecular weight excluding hydrogens is 242 g/mol. The number of hydrogen-bond acceptors (Lipinski definition) is 6. The molecule has 104 valence electrons. The third kappa shape index (κ3) is 2.50. The molecular formula is C13H21N5O. The quantitative estimate of drug-likeness (QED) is 0.565. The Morgan fingerprint density at radius 2 is 2.11 bits per heavy atom. The van der Waals surface area contributed by atoms with Crippen molar-refractivity contribution < 1.29 is 4.74 Å². The SMILES string of the molecule is CC1OCCC1(C)Nc1cc(NN)nc(C2CC2)n1. The molecule has 1 saturated carbocycles. The average molecular weight is 263 g/mol.